The summed E-state index contributed by atoms with van der Waals surface area (Å²) in [6, 6.07) is 10.4. The third kappa shape index (κ3) is 16.0. The first-order chi connectivity index (χ1) is 16.8. The Morgan fingerprint density at radius 1 is 0.750 bits per heavy atom. The van der Waals surface area contributed by atoms with Gasteiger partial charge in [0.05, 0.1) is 4.90 Å². The van der Waals surface area contributed by atoms with Crippen molar-refractivity contribution in [2.24, 2.45) is 0 Å². The van der Waals surface area contributed by atoms with Crippen molar-refractivity contribution in [3.05, 3.63) is 42.0 Å². The van der Waals surface area contributed by atoms with E-state index in [1.165, 1.54) is 83.5 Å². The quantitative estimate of drug-likeness (QED) is 0.169. The number of carboxylic acid groups (broad SMARTS) is 1. The van der Waals surface area contributed by atoms with Gasteiger partial charge >= 0.3 is 35.5 Å². The molecule has 0 amide bonds. The van der Waals surface area contributed by atoms with Gasteiger partial charge in [-0.05, 0) is 29.7 Å². The number of hydrogen-bond donors (Lipinski definition) is 1. The molecule has 1 N–H and O–H groups in total. The Morgan fingerprint density at radius 2 is 1.19 bits per heavy atom. The summed E-state index contributed by atoms with van der Waals surface area (Å²) in [4.78, 5) is 10.2. The van der Waals surface area contributed by atoms with Crippen LogP contribution in [0.15, 0.2) is 41.3 Å². The van der Waals surface area contributed by atoms with Gasteiger partial charge in [-0.3, -0.25) is 4.79 Å². The van der Waals surface area contributed by atoms with Crippen LogP contribution >= 0.6 is 0 Å². The number of benzene rings is 2. The maximum Gasteiger partial charge on any atom is 1.00 e. The van der Waals surface area contributed by atoms with E-state index in [2.05, 4.69) is 6.92 Å². The van der Waals surface area contributed by atoms with E-state index in [0.29, 0.717) is 17.4 Å². The smallest absolute Gasteiger partial charge is 0.744 e. The summed E-state index contributed by atoms with van der Waals surface area (Å²) in [6.45, 7) is 3.89. The monoisotopic (exact) mass is 528 g/mol. The molecule has 0 saturated carbocycles. The third-order valence-corrected chi connectivity index (χ3v) is 7.36. The van der Waals surface area contributed by atoms with Crippen molar-refractivity contribution in [1.82, 2.24) is 0 Å². The summed E-state index contributed by atoms with van der Waals surface area (Å²) in [5.41, 5.74) is 0.490. The van der Waals surface area contributed by atoms with Gasteiger partial charge in [-0.25, -0.2) is 8.42 Å². The summed E-state index contributed by atoms with van der Waals surface area (Å²) in [7, 11) is -4.41. The molecule has 0 heterocycles. The van der Waals surface area contributed by atoms with Gasteiger partial charge in [0.15, 0.2) is 0 Å². The van der Waals surface area contributed by atoms with E-state index in [0.717, 1.165) is 18.2 Å². The maximum atomic E-state index is 11.1. The average Bonchev–Trinajstić information content (AvgIpc) is 2.81. The van der Waals surface area contributed by atoms with Gasteiger partial charge in [0.1, 0.15) is 10.1 Å². The molecular weight excluding hydrogens is 483 g/mol. The van der Waals surface area contributed by atoms with Crippen LogP contribution in [0.2, 0.25) is 0 Å². The normalized spacial score (nSPS) is 11.0. The molecular formula is C29H45NaO5S. The zero-order valence-corrected chi connectivity index (χ0v) is 25.6. The van der Waals surface area contributed by atoms with Crippen LogP contribution in [0.25, 0.3) is 10.8 Å². The topological polar surface area (TPSA) is 94.5 Å². The summed E-state index contributed by atoms with van der Waals surface area (Å²) in [6.07, 6.45) is 20.2. The van der Waals surface area contributed by atoms with Gasteiger partial charge in [0, 0.05) is 6.42 Å². The van der Waals surface area contributed by atoms with Crippen LogP contribution in [-0.4, -0.2) is 24.0 Å². The van der Waals surface area contributed by atoms with Gasteiger partial charge in [-0.15, -0.1) is 0 Å². The number of carboxylic acids is 1. The zero-order chi connectivity index (χ0) is 25.9. The van der Waals surface area contributed by atoms with Crippen LogP contribution in [0, 0.1) is 6.92 Å². The molecule has 0 fully saturated rings. The SMILES string of the molecule is CCCCCCCCCCCCCCCCCC(=O)O.Cc1ccc2ccccc2c1S(=O)(=O)[O-].[Na+]. The zero-order valence-electron chi connectivity index (χ0n) is 22.8. The van der Waals surface area contributed by atoms with Crippen LogP contribution in [0.3, 0.4) is 0 Å². The second kappa shape index (κ2) is 21.1. The number of hydrogen-bond acceptors (Lipinski definition) is 4. The number of aryl methyl sites for hydroxylation is 1. The van der Waals surface area contributed by atoms with Gasteiger partial charge in [-0.1, -0.05) is 133 Å². The van der Waals surface area contributed by atoms with E-state index in [9.17, 15) is 17.8 Å². The predicted octanol–water partition coefficient (Wildman–Crippen LogP) is 5.39. The number of carbonyl (C=O) groups is 1. The summed E-state index contributed by atoms with van der Waals surface area (Å²) in [5.74, 6) is -0.653. The Labute approximate surface area is 241 Å². The molecule has 198 valence electrons. The molecule has 7 heteroatoms. The van der Waals surface area contributed by atoms with Crippen molar-refractivity contribution in [2.75, 3.05) is 0 Å². The van der Waals surface area contributed by atoms with Crippen LogP contribution in [0.4, 0.5) is 0 Å². The molecule has 0 radical (unpaired) electrons. The summed E-state index contributed by atoms with van der Waals surface area (Å²) >= 11 is 0. The Balaban J connectivity index is 0.000000682. The summed E-state index contributed by atoms with van der Waals surface area (Å²) in [5, 5.41) is 9.77. The Kier molecular flexibility index (Phi) is 20.5. The fourth-order valence-electron chi connectivity index (χ4n) is 4.33. The van der Waals surface area contributed by atoms with Crippen molar-refractivity contribution in [3.63, 3.8) is 0 Å². The van der Waals surface area contributed by atoms with Crippen molar-refractivity contribution in [2.45, 2.75) is 121 Å². The van der Waals surface area contributed by atoms with Crippen molar-refractivity contribution >= 4 is 26.9 Å². The fraction of sp³-hybridized carbons (Fsp3) is 0.621. The van der Waals surface area contributed by atoms with Gasteiger partial charge < -0.3 is 9.66 Å². The first kappa shape index (κ1) is 35.1. The molecule has 0 aliphatic heterocycles. The van der Waals surface area contributed by atoms with E-state index in [4.69, 9.17) is 5.11 Å². The average molecular weight is 529 g/mol. The van der Waals surface area contributed by atoms with Crippen LogP contribution < -0.4 is 29.6 Å². The maximum absolute atomic E-state index is 11.1. The van der Waals surface area contributed by atoms with Gasteiger partial charge in [0.2, 0.25) is 0 Å². The molecule has 5 nitrogen and oxygen atoms in total. The molecule has 0 atom stereocenters. The van der Waals surface area contributed by atoms with Crippen molar-refractivity contribution in [1.29, 1.82) is 0 Å². The molecule has 36 heavy (non-hydrogen) atoms. The molecule has 2 aromatic carbocycles. The van der Waals surface area contributed by atoms with Gasteiger partial charge in [-0.2, -0.15) is 0 Å². The Morgan fingerprint density at radius 3 is 1.64 bits per heavy atom. The molecule has 2 rings (SSSR count). The second-order valence-electron chi connectivity index (χ2n) is 9.48. The van der Waals surface area contributed by atoms with Crippen molar-refractivity contribution < 1.29 is 52.4 Å². The van der Waals surface area contributed by atoms with Crippen LogP contribution in [-0.2, 0) is 14.9 Å². The fourth-order valence-corrected chi connectivity index (χ4v) is 5.25. The van der Waals surface area contributed by atoms with Crippen molar-refractivity contribution in [3.8, 4) is 0 Å². The van der Waals surface area contributed by atoms with E-state index < -0.39 is 16.1 Å². The first-order valence-corrected chi connectivity index (χ1v) is 14.8. The number of fused-ring (bicyclic) bond motifs is 1. The standard InChI is InChI=1S/C18H36O2.C11H10O3S.Na/c1-2-3-4-5-6-7-8-9-10-11-12-13-14-15-16-17-18(19)20;1-8-6-7-9-4-2-3-5-10(9)11(8)15(12,13)14;/h2-17H2,1H3,(H,19,20);2-7H,1H3,(H,12,13,14);/q;;+1/p-1. The first-order valence-electron chi connectivity index (χ1n) is 13.4. The molecule has 0 aliphatic carbocycles. The number of aliphatic carboxylic acids is 1. The van der Waals surface area contributed by atoms with E-state index in [1.807, 2.05) is 0 Å². The molecule has 0 saturated heterocycles. The molecule has 0 aromatic heterocycles. The van der Waals surface area contributed by atoms with Crippen LogP contribution in [0.1, 0.15) is 115 Å². The third-order valence-electron chi connectivity index (χ3n) is 6.32. The minimum atomic E-state index is -4.41. The summed E-state index contributed by atoms with van der Waals surface area (Å²) < 4.78 is 33.3. The Hall–Kier alpha value is -0.920. The predicted molar refractivity (Wildman–Crippen MR) is 144 cm³/mol. The van der Waals surface area contributed by atoms with E-state index >= 15 is 0 Å². The molecule has 0 spiro atoms. The number of rotatable bonds is 17. The van der Waals surface area contributed by atoms with E-state index in [-0.39, 0.29) is 34.5 Å². The second-order valence-corrected chi connectivity index (χ2v) is 10.8. The Bertz CT molecular complexity index is 959. The minimum absolute atomic E-state index is 0. The van der Waals surface area contributed by atoms with Crippen LogP contribution in [0.5, 0.6) is 0 Å². The molecule has 0 bridgehead atoms. The minimum Gasteiger partial charge on any atom is -0.744 e. The number of unbranched alkanes of at least 4 members (excludes halogenated alkanes) is 14. The molecule has 0 unspecified atom stereocenters. The largest absolute Gasteiger partial charge is 1.00 e. The molecule has 0 aliphatic rings. The molecule has 2 aromatic rings. The van der Waals surface area contributed by atoms with E-state index in [1.54, 1.807) is 43.3 Å². The van der Waals surface area contributed by atoms with Gasteiger partial charge in [0.25, 0.3) is 0 Å².